The monoisotopic (exact) mass is 244 g/mol. The molecule has 0 aliphatic carbocycles. The Hall–Kier alpha value is 0.920. The van der Waals surface area contributed by atoms with Gasteiger partial charge < -0.3 is 39.7 Å². The normalized spacial score (nSPS) is 11.3. The minimum absolute atomic E-state index is 0. The maximum atomic E-state index is 9.67. The average Bonchev–Trinajstić information content (AvgIpc) is 1.81. The Morgan fingerprint density at radius 2 is 1.85 bits per heavy atom. The van der Waals surface area contributed by atoms with E-state index in [1.165, 1.54) is 0 Å². The summed E-state index contributed by atoms with van der Waals surface area (Å²) >= 11 is 0. The Kier molecular flexibility index (Phi) is 20.0. The summed E-state index contributed by atoms with van der Waals surface area (Å²) in [7, 11) is -5.05. The van der Waals surface area contributed by atoms with E-state index in [-0.39, 0.29) is 55.0 Å². The van der Waals surface area contributed by atoms with Crippen LogP contribution in [0.25, 0.3) is 0 Å². The number of hydrogen-bond donors (Lipinski definition) is 1. The van der Waals surface area contributed by atoms with Gasteiger partial charge in [0.25, 0.3) is 0 Å². The molecule has 0 aliphatic rings. The van der Waals surface area contributed by atoms with Crippen molar-refractivity contribution in [2.45, 2.75) is 6.10 Å². The molecule has 0 saturated carbocycles. The van der Waals surface area contributed by atoms with Gasteiger partial charge in [-0.15, -0.1) is 0 Å². The molecule has 0 aliphatic heterocycles. The van der Waals surface area contributed by atoms with Crippen molar-refractivity contribution in [1.82, 2.24) is 0 Å². The third kappa shape index (κ3) is 19.4. The van der Waals surface area contributed by atoms with Gasteiger partial charge in [0, 0.05) is 0 Å². The summed E-state index contributed by atoms with van der Waals surface area (Å²) in [5.41, 5.74) is 0. The van der Waals surface area contributed by atoms with Gasteiger partial charge in [0.05, 0.1) is 14.4 Å². The Labute approximate surface area is 104 Å². The smallest absolute Gasteiger partial charge is 0.790 e. The maximum absolute atomic E-state index is 9.67. The zero-order valence-corrected chi connectivity index (χ0v) is 9.61. The van der Waals surface area contributed by atoms with Gasteiger partial charge in [0.15, 0.2) is 6.29 Å². The van der Waals surface area contributed by atoms with Crippen LogP contribution in [0.5, 0.6) is 0 Å². The molecule has 0 radical (unpaired) electrons. The quantitative estimate of drug-likeness (QED) is 0.295. The molecule has 13 heavy (non-hydrogen) atoms. The SMILES string of the molecule is O.O.O=C[C@H](O)COP(=O)([O-])[O-].[Ca+2]. The van der Waals surface area contributed by atoms with E-state index < -0.39 is 20.5 Å². The first-order valence-corrected chi connectivity index (χ1v) is 3.72. The number of phosphoric ester groups is 1. The molecule has 76 valence electrons. The molecular formula is C3H9CaO8P. The molecule has 0 aromatic heterocycles. The zero-order chi connectivity index (χ0) is 8.20. The number of aldehydes is 1. The molecule has 0 saturated heterocycles. The summed E-state index contributed by atoms with van der Waals surface area (Å²) < 4.78 is 13.2. The van der Waals surface area contributed by atoms with E-state index >= 15 is 0 Å². The molecule has 0 unspecified atom stereocenters. The fourth-order valence-electron chi connectivity index (χ4n) is 0.207. The van der Waals surface area contributed by atoms with Crippen LogP contribution in [0.1, 0.15) is 0 Å². The summed E-state index contributed by atoms with van der Waals surface area (Å²) in [6.45, 7) is -0.812. The molecule has 0 aromatic rings. The molecule has 1 atom stereocenters. The summed E-state index contributed by atoms with van der Waals surface area (Å²) in [6.07, 6.45) is -1.49. The van der Waals surface area contributed by atoms with Crippen LogP contribution < -0.4 is 9.79 Å². The van der Waals surface area contributed by atoms with Gasteiger partial charge in [-0.25, -0.2) is 0 Å². The number of aliphatic hydroxyl groups excluding tert-OH is 1. The van der Waals surface area contributed by atoms with Crippen molar-refractivity contribution in [2.75, 3.05) is 6.61 Å². The summed E-state index contributed by atoms with van der Waals surface area (Å²) in [5.74, 6) is 0. The van der Waals surface area contributed by atoms with Crippen LogP contribution in [-0.4, -0.2) is 72.8 Å². The molecule has 8 nitrogen and oxygen atoms in total. The maximum Gasteiger partial charge on any atom is 2.00 e. The van der Waals surface area contributed by atoms with Gasteiger partial charge in [0.1, 0.15) is 6.10 Å². The molecular weight excluding hydrogens is 235 g/mol. The largest absolute Gasteiger partial charge is 2.00 e. The number of carbonyl (C=O) groups is 1. The average molecular weight is 244 g/mol. The summed E-state index contributed by atoms with van der Waals surface area (Å²) in [5, 5.41) is 8.33. The molecule has 5 N–H and O–H groups in total. The summed E-state index contributed by atoms with van der Waals surface area (Å²) in [6, 6.07) is 0. The van der Waals surface area contributed by atoms with Gasteiger partial charge in [-0.05, 0) is 0 Å². The second kappa shape index (κ2) is 11.0. The first-order chi connectivity index (χ1) is 4.45. The minimum atomic E-state index is -5.05. The number of aliphatic hydroxyl groups is 1. The van der Waals surface area contributed by atoms with Crippen molar-refractivity contribution in [1.29, 1.82) is 0 Å². The fourth-order valence-corrected chi connectivity index (χ4v) is 0.542. The number of hydrogen-bond acceptors (Lipinski definition) is 6. The number of rotatable bonds is 4. The fraction of sp³-hybridized carbons (Fsp3) is 0.667. The molecule has 0 fully saturated rings. The molecule has 0 rings (SSSR count). The van der Waals surface area contributed by atoms with Crippen LogP contribution in [0, 0.1) is 0 Å². The second-order valence-electron chi connectivity index (χ2n) is 1.45. The third-order valence-electron chi connectivity index (χ3n) is 0.560. The molecule has 0 amide bonds. The van der Waals surface area contributed by atoms with Gasteiger partial charge in [0.2, 0.25) is 0 Å². The van der Waals surface area contributed by atoms with Crippen molar-refractivity contribution in [2.24, 2.45) is 0 Å². The van der Waals surface area contributed by atoms with Gasteiger partial charge in [-0.3, -0.25) is 0 Å². The molecule has 10 heteroatoms. The molecule has 0 spiro atoms. The topological polar surface area (TPSA) is 173 Å². The van der Waals surface area contributed by atoms with Gasteiger partial charge in [-0.2, -0.15) is 0 Å². The number of phosphoric acid groups is 1. The Balaban J connectivity index is -0.000000135. The van der Waals surface area contributed by atoms with E-state index in [2.05, 4.69) is 4.52 Å². The molecule has 0 aromatic carbocycles. The third-order valence-corrected chi connectivity index (χ3v) is 1.03. The molecule has 0 bridgehead atoms. The first kappa shape index (κ1) is 23.6. The van der Waals surface area contributed by atoms with Crippen LogP contribution in [0.4, 0.5) is 0 Å². The van der Waals surface area contributed by atoms with Crippen LogP contribution in [0.3, 0.4) is 0 Å². The van der Waals surface area contributed by atoms with Crippen LogP contribution >= 0.6 is 7.82 Å². The first-order valence-electron chi connectivity index (χ1n) is 2.25. The van der Waals surface area contributed by atoms with Crippen LogP contribution in [0.15, 0.2) is 0 Å². The standard InChI is InChI=1S/C3H7O6P.Ca.2H2O/c4-1-3(5)2-9-10(6,7)8;;;/h1,3,5H,2H2,(H2,6,7,8);;2*1H2/q;+2;;/p-2/t3-;;;/m0.../s1. The van der Waals surface area contributed by atoms with Crippen molar-refractivity contribution in [3.8, 4) is 0 Å². The van der Waals surface area contributed by atoms with Gasteiger partial charge in [-0.1, -0.05) is 0 Å². The van der Waals surface area contributed by atoms with E-state index in [9.17, 15) is 19.1 Å². The second-order valence-corrected chi connectivity index (χ2v) is 2.60. The minimum Gasteiger partial charge on any atom is -0.790 e. The van der Waals surface area contributed by atoms with Crippen molar-refractivity contribution < 1.29 is 39.7 Å². The van der Waals surface area contributed by atoms with E-state index in [4.69, 9.17) is 5.11 Å². The Morgan fingerprint density at radius 1 is 1.46 bits per heavy atom. The van der Waals surface area contributed by atoms with E-state index in [1.54, 1.807) is 0 Å². The van der Waals surface area contributed by atoms with Gasteiger partial charge >= 0.3 is 37.7 Å². The summed E-state index contributed by atoms with van der Waals surface area (Å²) in [4.78, 5) is 28.9. The van der Waals surface area contributed by atoms with E-state index in [1.807, 2.05) is 0 Å². The van der Waals surface area contributed by atoms with E-state index in [0.717, 1.165) is 0 Å². The predicted molar refractivity (Wildman–Crippen MR) is 38.6 cm³/mol. The van der Waals surface area contributed by atoms with E-state index in [0.29, 0.717) is 0 Å². The predicted octanol–water partition coefficient (Wildman–Crippen LogP) is -4.64. The van der Waals surface area contributed by atoms with Crippen molar-refractivity contribution >= 4 is 51.8 Å². The van der Waals surface area contributed by atoms with Crippen LogP contribution in [-0.2, 0) is 13.9 Å². The molecule has 0 heterocycles. The van der Waals surface area contributed by atoms with Crippen LogP contribution in [0.2, 0.25) is 0 Å². The Bertz CT molecular complexity index is 155. The van der Waals surface area contributed by atoms with Crippen molar-refractivity contribution in [3.63, 3.8) is 0 Å². The number of carbonyl (C=O) groups excluding carboxylic acids is 1. The Morgan fingerprint density at radius 3 is 2.08 bits per heavy atom. The zero-order valence-electron chi connectivity index (χ0n) is 6.50. The van der Waals surface area contributed by atoms with Crippen molar-refractivity contribution in [3.05, 3.63) is 0 Å².